The summed E-state index contributed by atoms with van der Waals surface area (Å²) in [5.41, 5.74) is 1.52. The Bertz CT molecular complexity index is 1560. The highest BCUT2D eigenvalue weighted by molar-refractivity contribution is 6.23. The first-order valence-electron chi connectivity index (χ1n) is 14.7. The second-order valence-corrected chi connectivity index (χ2v) is 11.3. The second-order valence-electron chi connectivity index (χ2n) is 11.3. The van der Waals surface area contributed by atoms with E-state index in [-0.39, 0.29) is 42.7 Å². The molecule has 1 aromatic heterocycles. The monoisotopic (exact) mass is 584 g/mol. The fourth-order valence-electron chi connectivity index (χ4n) is 6.41. The lowest BCUT2D eigenvalue weighted by atomic mass is 9.93. The zero-order chi connectivity index (χ0) is 29.5. The summed E-state index contributed by atoms with van der Waals surface area (Å²) in [5.74, 6) is 0.710. The molecule has 11 heteroatoms. The van der Waals surface area contributed by atoms with Gasteiger partial charge in [0, 0.05) is 45.2 Å². The molecule has 2 saturated heterocycles. The number of amides is 4. The number of carbonyl (C=O) groups is 4. The van der Waals surface area contributed by atoms with Gasteiger partial charge in [-0.15, -0.1) is 0 Å². The number of anilines is 1. The van der Waals surface area contributed by atoms with Gasteiger partial charge in [-0.25, -0.2) is 0 Å². The van der Waals surface area contributed by atoms with Crippen LogP contribution in [0.25, 0.3) is 0 Å². The molecular weight excluding hydrogens is 552 g/mol. The molecule has 2 fully saturated rings. The minimum Gasteiger partial charge on any atom is -0.486 e. The molecule has 222 valence electrons. The molecule has 43 heavy (non-hydrogen) atoms. The third kappa shape index (κ3) is 4.98. The smallest absolute Gasteiger partial charge is 0.289 e. The lowest BCUT2D eigenvalue weighted by Gasteiger charge is -2.39. The quantitative estimate of drug-likeness (QED) is 0.421. The van der Waals surface area contributed by atoms with E-state index in [2.05, 4.69) is 4.90 Å². The van der Waals surface area contributed by atoms with Gasteiger partial charge in [0.2, 0.25) is 5.91 Å². The number of carbonyl (C=O) groups excluding carboxylic acids is 4. The Kier molecular flexibility index (Phi) is 7.00. The summed E-state index contributed by atoms with van der Waals surface area (Å²) < 4.78 is 17.0. The van der Waals surface area contributed by atoms with Crippen LogP contribution < -0.4 is 14.4 Å². The third-order valence-electron chi connectivity index (χ3n) is 8.73. The molecule has 0 spiro atoms. The Hall–Kier alpha value is -4.80. The van der Waals surface area contributed by atoms with Gasteiger partial charge < -0.3 is 28.6 Å². The standard InChI is InChI=1S/C32H32N4O7/c37-29(34-14-16-35(17-15-34)31(39)27-9-4-18-41-27)21-10-12-33(13-11-21)24-6-3-5-23-28(24)32(40)36(30(23)38)19-22-20-42-25-7-1-2-8-26(25)43-22/h1-9,18,21-22H,10-17,19-20H2. The molecular formula is C32H32N4O7. The zero-order valence-corrected chi connectivity index (χ0v) is 23.6. The average molecular weight is 585 g/mol. The summed E-state index contributed by atoms with van der Waals surface area (Å²) in [5, 5.41) is 0. The maximum absolute atomic E-state index is 13.6. The number of imide groups is 1. The first-order chi connectivity index (χ1) is 21.0. The van der Waals surface area contributed by atoms with E-state index >= 15 is 0 Å². The van der Waals surface area contributed by atoms with Crippen molar-refractivity contribution in [1.29, 1.82) is 0 Å². The molecule has 7 rings (SSSR count). The number of benzene rings is 2. The van der Waals surface area contributed by atoms with Crippen molar-refractivity contribution in [3.05, 3.63) is 77.7 Å². The van der Waals surface area contributed by atoms with Gasteiger partial charge in [-0.1, -0.05) is 18.2 Å². The minimum absolute atomic E-state index is 0.0943. The van der Waals surface area contributed by atoms with Crippen molar-refractivity contribution < 1.29 is 33.1 Å². The van der Waals surface area contributed by atoms with E-state index in [0.29, 0.717) is 80.5 Å². The fourth-order valence-corrected chi connectivity index (χ4v) is 6.41. The fraction of sp³-hybridized carbons (Fsp3) is 0.375. The van der Waals surface area contributed by atoms with E-state index < -0.39 is 6.10 Å². The Morgan fingerprint density at radius 1 is 0.791 bits per heavy atom. The maximum Gasteiger partial charge on any atom is 0.289 e. The topological polar surface area (TPSA) is 113 Å². The van der Waals surface area contributed by atoms with Gasteiger partial charge >= 0.3 is 0 Å². The number of nitrogens with zero attached hydrogens (tertiary/aromatic N) is 4. The van der Waals surface area contributed by atoms with Crippen LogP contribution in [0.3, 0.4) is 0 Å². The molecule has 0 N–H and O–H groups in total. The molecule has 1 unspecified atom stereocenters. The van der Waals surface area contributed by atoms with Crippen LogP contribution in [-0.4, -0.2) is 96.9 Å². The first-order valence-corrected chi connectivity index (χ1v) is 14.7. The van der Waals surface area contributed by atoms with Gasteiger partial charge in [-0.05, 0) is 49.2 Å². The van der Waals surface area contributed by atoms with Gasteiger partial charge in [-0.2, -0.15) is 0 Å². The van der Waals surface area contributed by atoms with Gasteiger partial charge in [0.05, 0.1) is 29.6 Å². The van der Waals surface area contributed by atoms with Crippen molar-refractivity contribution in [2.45, 2.75) is 18.9 Å². The molecule has 0 aliphatic carbocycles. The Morgan fingerprint density at radius 3 is 2.28 bits per heavy atom. The largest absolute Gasteiger partial charge is 0.486 e. The van der Waals surface area contributed by atoms with Crippen LogP contribution >= 0.6 is 0 Å². The average Bonchev–Trinajstić information content (AvgIpc) is 3.68. The van der Waals surface area contributed by atoms with E-state index in [1.165, 1.54) is 11.2 Å². The van der Waals surface area contributed by atoms with Crippen LogP contribution in [-0.2, 0) is 4.79 Å². The number of hydrogen-bond acceptors (Lipinski definition) is 8. The number of rotatable bonds is 5. The summed E-state index contributed by atoms with van der Waals surface area (Å²) in [6.07, 6.45) is 2.31. The molecule has 4 aliphatic heterocycles. The summed E-state index contributed by atoms with van der Waals surface area (Å²) >= 11 is 0. The number of fused-ring (bicyclic) bond motifs is 2. The minimum atomic E-state index is -0.465. The van der Waals surface area contributed by atoms with Crippen molar-refractivity contribution >= 4 is 29.3 Å². The highest BCUT2D eigenvalue weighted by atomic mass is 16.6. The Morgan fingerprint density at radius 2 is 1.53 bits per heavy atom. The first kappa shape index (κ1) is 27.1. The van der Waals surface area contributed by atoms with E-state index in [4.69, 9.17) is 13.9 Å². The molecule has 0 radical (unpaired) electrons. The molecule has 0 saturated carbocycles. The molecule has 1 atom stereocenters. The Balaban J connectivity index is 0.964. The summed E-state index contributed by atoms with van der Waals surface area (Å²) in [4.78, 5) is 59.8. The van der Waals surface area contributed by atoms with Gasteiger partial charge in [0.25, 0.3) is 17.7 Å². The number of para-hydroxylation sites is 2. The van der Waals surface area contributed by atoms with Gasteiger partial charge in [0.15, 0.2) is 23.4 Å². The third-order valence-corrected chi connectivity index (χ3v) is 8.73. The van der Waals surface area contributed by atoms with E-state index in [9.17, 15) is 19.2 Å². The summed E-state index contributed by atoms with van der Waals surface area (Å²) in [6, 6.07) is 16.1. The Labute approximate surface area is 248 Å². The molecule has 3 aromatic rings. The predicted octanol–water partition coefficient (Wildman–Crippen LogP) is 2.92. The molecule has 0 bridgehead atoms. The number of hydrogen-bond donors (Lipinski definition) is 0. The van der Waals surface area contributed by atoms with Crippen molar-refractivity contribution in [2.24, 2.45) is 5.92 Å². The molecule has 5 heterocycles. The highest BCUT2D eigenvalue weighted by Crippen LogP contribution is 2.36. The van der Waals surface area contributed by atoms with Crippen LogP contribution in [0.15, 0.2) is 65.3 Å². The van der Waals surface area contributed by atoms with Gasteiger partial charge in [0.1, 0.15) is 6.61 Å². The zero-order valence-electron chi connectivity index (χ0n) is 23.6. The highest BCUT2D eigenvalue weighted by Gasteiger charge is 2.41. The van der Waals surface area contributed by atoms with E-state index in [0.717, 1.165) is 5.69 Å². The van der Waals surface area contributed by atoms with Crippen LogP contribution in [0.1, 0.15) is 44.1 Å². The SMILES string of the molecule is O=C(c1ccco1)N1CCN(C(=O)C2CCN(c3cccc4c3C(=O)N(CC3COc5ccccc5O3)C4=O)CC2)CC1. The van der Waals surface area contributed by atoms with Crippen molar-refractivity contribution in [1.82, 2.24) is 14.7 Å². The number of ether oxygens (including phenoxy) is 2. The predicted molar refractivity (Wildman–Crippen MR) is 154 cm³/mol. The van der Waals surface area contributed by atoms with Crippen molar-refractivity contribution in [2.75, 3.05) is 57.3 Å². The number of piperazine rings is 1. The van der Waals surface area contributed by atoms with Crippen LogP contribution in [0, 0.1) is 5.92 Å². The lowest BCUT2D eigenvalue weighted by molar-refractivity contribution is -0.137. The summed E-state index contributed by atoms with van der Waals surface area (Å²) in [6.45, 7) is 3.46. The lowest BCUT2D eigenvalue weighted by Crippen LogP contribution is -2.53. The molecule has 11 nitrogen and oxygen atoms in total. The van der Waals surface area contributed by atoms with Crippen molar-refractivity contribution in [3.8, 4) is 11.5 Å². The normalized spacial score (nSPS) is 20.4. The molecule has 4 aliphatic rings. The maximum atomic E-state index is 13.6. The molecule has 2 aromatic carbocycles. The number of piperidine rings is 1. The van der Waals surface area contributed by atoms with Crippen LogP contribution in [0.5, 0.6) is 11.5 Å². The van der Waals surface area contributed by atoms with Crippen LogP contribution in [0.2, 0.25) is 0 Å². The van der Waals surface area contributed by atoms with E-state index in [1.807, 2.05) is 29.2 Å². The molecule has 4 amide bonds. The second kappa shape index (κ2) is 11.1. The van der Waals surface area contributed by atoms with Crippen LogP contribution in [0.4, 0.5) is 5.69 Å². The van der Waals surface area contributed by atoms with Crippen molar-refractivity contribution in [3.63, 3.8) is 0 Å². The van der Waals surface area contributed by atoms with E-state index in [1.54, 1.807) is 35.2 Å². The summed E-state index contributed by atoms with van der Waals surface area (Å²) in [7, 11) is 0. The number of furan rings is 1. The van der Waals surface area contributed by atoms with Gasteiger partial charge in [-0.3, -0.25) is 24.1 Å².